The van der Waals surface area contributed by atoms with Gasteiger partial charge in [0.05, 0.1) is 9.90 Å². The van der Waals surface area contributed by atoms with Crippen LogP contribution in [0.4, 0.5) is 5.69 Å². The van der Waals surface area contributed by atoms with Crippen LogP contribution >= 0.6 is 46.9 Å². The van der Waals surface area contributed by atoms with Crippen LogP contribution in [0.25, 0.3) is 20.8 Å². The highest BCUT2D eigenvalue weighted by Crippen LogP contribution is 2.30. The maximum Gasteiger partial charge on any atom is 0.265 e. The monoisotopic (exact) mass is 448 g/mol. The number of thiol groups is 1. The molecule has 1 aromatic carbocycles. The van der Waals surface area contributed by atoms with Gasteiger partial charge in [0, 0.05) is 39.3 Å². The second-order valence-electron chi connectivity index (χ2n) is 5.69. The molecule has 0 spiro atoms. The third kappa shape index (κ3) is 4.89. The molecule has 0 radical (unpaired) electrons. The second-order valence-corrected chi connectivity index (χ2v) is 8.50. The number of thiophene rings is 1. The van der Waals surface area contributed by atoms with Gasteiger partial charge in [-0.05, 0) is 44.4 Å². The number of benzene rings is 1. The van der Waals surface area contributed by atoms with Crippen LogP contribution in [-0.4, -0.2) is 30.0 Å². The lowest BCUT2D eigenvalue weighted by atomic mass is 10.2. The average Bonchev–Trinajstić information content (AvgIpc) is 3.34. The van der Waals surface area contributed by atoms with Crippen LogP contribution in [0, 0.1) is 0 Å². The smallest absolute Gasteiger partial charge is 0.265 e. The summed E-state index contributed by atoms with van der Waals surface area (Å²) < 4.78 is 0. The number of nitrogens with zero attached hydrogens (tertiary/aromatic N) is 2. The molecule has 0 aliphatic rings. The first-order valence-electron chi connectivity index (χ1n) is 8.19. The zero-order valence-corrected chi connectivity index (χ0v) is 18.3. The molecule has 0 fully saturated rings. The summed E-state index contributed by atoms with van der Waals surface area (Å²) in [6.07, 6.45) is 3.55. The predicted octanol–water partition coefficient (Wildman–Crippen LogP) is 5.45. The van der Waals surface area contributed by atoms with Gasteiger partial charge >= 0.3 is 0 Å². The van der Waals surface area contributed by atoms with E-state index in [4.69, 9.17) is 11.6 Å². The number of hydrogen-bond acceptors (Lipinski definition) is 7. The highest BCUT2D eigenvalue weighted by Gasteiger charge is 2.13. The van der Waals surface area contributed by atoms with Crippen LogP contribution in [0.15, 0.2) is 53.0 Å². The molecule has 3 heterocycles. The molecule has 1 amide bonds. The summed E-state index contributed by atoms with van der Waals surface area (Å²) in [7, 11) is 3.75. The van der Waals surface area contributed by atoms with E-state index in [2.05, 4.69) is 33.2 Å². The van der Waals surface area contributed by atoms with E-state index in [9.17, 15) is 4.79 Å². The van der Waals surface area contributed by atoms with E-state index in [1.54, 1.807) is 41.9 Å². The van der Waals surface area contributed by atoms with Gasteiger partial charge in [-0.3, -0.25) is 4.79 Å². The molecule has 4 rings (SSSR count). The first kappa shape index (κ1) is 20.8. The minimum absolute atomic E-state index is 0.186. The number of hydrogen-bond donors (Lipinski definition) is 3. The molecule has 0 aliphatic carbocycles. The first-order valence-corrected chi connectivity index (χ1v) is 10.7. The number of pyridine rings is 1. The average molecular weight is 449 g/mol. The lowest BCUT2D eigenvalue weighted by molar-refractivity contribution is 0.103. The molecule has 0 bridgehead atoms. The SMILES string of the molecule is CNC.O=C(Nc1ccc(Cl)c(S)c1)c1cc2cc(-c3nccs3)cnc2s1. The number of anilines is 1. The van der Waals surface area contributed by atoms with E-state index in [0.29, 0.717) is 20.5 Å². The molecule has 3 aromatic heterocycles. The van der Waals surface area contributed by atoms with E-state index in [1.165, 1.54) is 11.3 Å². The Hall–Kier alpha value is -1.97. The van der Waals surface area contributed by atoms with Gasteiger partial charge in [-0.1, -0.05) is 11.6 Å². The van der Waals surface area contributed by atoms with E-state index >= 15 is 0 Å². The van der Waals surface area contributed by atoms with Crippen molar-refractivity contribution in [3.8, 4) is 10.6 Å². The predicted molar refractivity (Wildman–Crippen MR) is 122 cm³/mol. The van der Waals surface area contributed by atoms with Crippen LogP contribution in [0.3, 0.4) is 0 Å². The minimum atomic E-state index is -0.186. The number of halogens is 1. The first-order chi connectivity index (χ1) is 13.5. The zero-order chi connectivity index (χ0) is 20.1. The number of carbonyl (C=O) groups excluding carboxylic acids is 1. The summed E-state index contributed by atoms with van der Waals surface area (Å²) in [5.41, 5.74) is 1.60. The van der Waals surface area contributed by atoms with Crippen molar-refractivity contribution in [3.05, 3.63) is 58.0 Å². The standard InChI is InChI=1S/C17H10ClN3OS3.C2H7N/c18-12-2-1-11(7-13(12)23)21-15(22)14-6-9-5-10(8-20-17(9)25-14)16-19-3-4-24-16;1-3-2/h1-8,23H,(H,21,22);3H,1-2H3. The Bertz CT molecular complexity index is 1100. The summed E-state index contributed by atoms with van der Waals surface area (Å²) in [5.74, 6) is -0.186. The Morgan fingerprint density at radius 3 is 2.64 bits per heavy atom. The van der Waals surface area contributed by atoms with Gasteiger partial charge in [-0.2, -0.15) is 0 Å². The lowest BCUT2D eigenvalue weighted by Crippen LogP contribution is -2.09. The summed E-state index contributed by atoms with van der Waals surface area (Å²) in [6, 6.07) is 9.01. The van der Waals surface area contributed by atoms with E-state index in [-0.39, 0.29) is 5.91 Å². The Morgan fingerprint density at radius 2 is 1.96 bits per heavy atom. The zero-order valence-electron chi connectivity index (χ0n) is 15.1. The third-order valence-corrected chi connectivity index (χ3v) is 6.19. The molecular formula is C19H17ClN4OS3. The van der Waals surface area contributed by atoms with Crippen molar-refractivity contribution in [1.29, 1.82) is 0 Å². The van der Waals surface area contributed by atoms with Gasteiger partial charge in [0.15, 0.2) is 0 Å². The van der Waals surface area contributed by atoms with Crippen molar-refractivity contribution in [2.45, 2.75) is 4.90 Å². The second kappa shape index (κ2) is 9.49. The van der Waals surface area contributed by atoms with Crippen molar-refractivity contribution in [2.75, 3.05) is 19.4 Å². The number of nitrogens with one attached hydrogen (secondary N) is 2. The molecule has 2 N–H and O–H groups in total. The molecule has 9 heteroatoms. The summed E-state index contributed by atoms with van der Waals surface area (Å²) >= 11 is 13.1. The van der Waals surface area contributed by atoms with E-state index < -0.39 is 0 Å². The maximum atomic E-state index is 12.5. The molecule has 0 saturated heterocycles. The normalized spacial score (nSPS) is 10.4. The minimum Gasteiger partial charge on any atom is -0.323 e. The van der Waals surface area contributed by atoms with E-state index in [0.717, 1.165) is 20.8 Å². The Balaban J connectivity index is 0.000000706. The summed E-state index contributed by atoms with van der Waals surface area (Å²) in [5, 5.41) is 9.91. The van der Waals surface area contributed by atoms with Crippen LogP contribution in [0.2, 0.25) is 5.02 Å². The number of fused-ring (bicyclic) bond motifs is 1. The van der Waals surface area contributed by atoms with Crippen LogP contribution in [0.5, 0.6) is 0 Å². The van der Waals surface area contributed by atoms with Gasteiger partial charge in [-0.25, -0.2) is 9.97 Å². The summed E-state index contributed by atoms with van der Waals surface area (Å²) in [6.45, 7) is 0. The lowest BCUT2D eigenvalue weighted by Gasteiger charge is -2.05. The molecule has 28 heavy (non-hydrogen) atoms. The fourth-order valence-electron chi connectivity index (χ4n) is 2.31. The Labute approximate surface area is 181 Å². The Morgan fingerprint density at radius 1 is 1.18 bits per heavy atom. The molecule has 4 aromatic rings. The van der Waals surface area contributed by atoms with Crippen LogP contribution in [0.1, 0.15) is 9.67 Å². The van der Waals surface area contributed by atoms with Crippen molar-refractivity contribution in [1.82, 2.24) is 15.3 Å². The molecule has 0 unspecified atom stereocenters. The number of carbonyl (C=O) groups is 1. The van der Waals surface area contributed by atoms with E-state index in [1.807, 2.05) is 31.6 Å². The van der Waals surface area contributed by atoms with Crippen LogP contribution < -0.4 is 10.6 Å². The van der Waals surface area contributed by atoms with Gasteiger partial charge in [0.25, 0.3) is 5.91 Å². The van der Waals surface area contributed by atoms with Crippen molar-refractivity contribution in [2.24, 2.45) is 0 Å². The third-order valence-electron chi connectivity index (χ3n) is 3.48. The summed E-state index contributed by atoms with van der Waals surface area (Å²) in [4.78, 5) is 23.3. The fraction of sp³-hybridized carbons (Fsp3) is 0.105. The van der Waals surface area contributed by atoms with Crippen molar-refractivity contribution in [3.63, 3.8) is 0 Å². The van der Waals surface area contributed by atoms with Gasteiger partial charge in [0.2, 0.25) is 0 Å². The van der Waals surface area contributed by atoms with Gasteiger partial charge in [0.1, 0.15) is 9.84 Å². The molecule has 144 valence electrons. The van der Waals surface area contributed by atoms with Crippen molar-refractivity contribution >= 4 is 68.7 Å². The quantitative estimate of drug-likeness (QED) is 0.364. The van der Waals surface area contributed by atoms with Gasteiger partial charge < -0.3 is 10.6 Å². The number of rotatable bonds is 3. The molecule has 0 atom stereocenters. The number of aromatic nitrogens is 2. The highest BCUT2D eigenvalue weighted by molar-refractivity contribution is 7.80. The topological polar surface area (TPSA) is 66.9 Å². The fourth-order valence-corrected chi connectivity index (χ4v) is 4.14. The maximum absolute atomic E-state index is 12.5. The molecular weight excluding hydrogens is 432 g/mol. The molecule has 5 nitrogen and oxygen atoms in total. The van der Waals surface area contributed by atoms with Gasteiger partial charge in [-0.15, -0.1) is 35.3 Å². The largest absolute Gasteiger partial charge is 0.323 e. The van der Waals surface area contributed by atoms with Crippen molar-refractivity contribution < 1.29 is 4.79 Å². The van der Waals surface area contributed by atoms with Crippen LogP contribution in [-0.2, 0) is 0 Å². The number of thiazole rings is 1. The molecule has 0 saturated carbocycles. The number of amides is 1. The molecule has 0 aliphatic heterocycles. The highest BCUT2D eigenvalue weighted by atomic mass is 35.5. The Kier molecular flexibility index (Phi) is 7.03.